The maximum Gasteiger partial charge on any atom is 0.122 e. The van der Waals surface area contributed by atoms with Crippen molar-refractivity contribution in [2.45, 2.75) is 20.0 Å². The van der Waals surface area contributed by atoms with Crippen LogP contribution in [0.5, 0.6) is 5.75 Å². The van der Waals surface area contributed by atoms with E-state index in [0.717, 1.165) is 16.7 Å². The monoisotopic (exact) mass is 246 g/mol. The van der Waals surface area contributed by atoms with Crippen molar-refractivity contribution in [2.24, 2.45) is 5.73 Å². The fraction of sp³-hybridized carbons (Fsp3) is 0.231. The molecule has 0 amide bonds. The zero-order chi connectivity index (χ0) is 12.4. The first-order chi connectivity index (χ1) is 8.06. The summed E-state index contributed by atoms with van der Waals surface area (Å²) in [6, 6.07) is 9.55. The van der Waals surface area contributed by atoms with Gasteiger partial charge in [0.05, 0.1) is 17.3 Å². The molecular formula is C13H14N2OS. The number of rotatable bonds is 3. The Hall–Kier alpha value is -1.68. The summed E-state index contributed by atoms with van der Waals surface area (Å²) in [7, 11) is 0. The zero-order valence-corrected chi connectivity index (χ0v) is 10.6. The van der Waals surface area contributed by atoms with Crippen LogP contribution >= 0.6 is 12.2 Å². The number of aromatic nitrogens is 1. The minimum absolute atomic E-state index is 0.163. The van der Waals surface area contributed by atoms with Gasteiger partial charge in [0.15, 0.2) is 0 Å². The van der Waals surface area contributed by atoms with E-state index in [2.05, 4.69) is 4.98 Å². The minimum atomic E-state index is 0.163. The van der Waals surface area contributed by atoms with Gasteiger partial charge in [-0.05, 0) is 38.1 Å². The van der Waals surface area contributed by atoms with E-state index in [1.54, 1.807) is 0 Å². The van der Waals surface area contributed by atoms with E-state index in [1.165, 1.54) is 0 Å². The molecule has 0 fully saturated rings. The molecule has 0 radical (unpaired) electrons. The molecule has 0 bridgehead atoms. The molecule has 1 aromatic heterocycles. The molecule has 0 saturated heterocycles. The Balaban J connectivity index is 2.43. The highest BCUT2D eigenvalue weighted by molar-refractivity contribution is 7.80. The highest BCUT2D eigenvalue weighted by Crippen LogP contribution is 2.20. The summed E-state index contributed by atoms with van der Waals surface area (Å²) in [4.78, 5) is 4.69. The number of benzene rings is 1. The Bertz CT molecular complexity index is 566. The Morgan fingerprint density at radius 1 is 1.29 bits per heavy atom. The predicted molar refractivity (Wildman–Crippen MR) is 73.4 cm³/mol. The van der Waals surface area contributed by atoms with Gasteiger partial charge in [0.2, 0.25) is 0 Å². The Morgan fingerprint density at radius 3 is 2.71 bits per heavy atom. The molecule has 4 heteroatoms. The van der Waals surface area contributed by atoms with Crippen LogP contribution in [0.3, 0.4) is 0 Å². The summed E-state index contributed by atoms with van der Waals surface area (Å²) in [6.45, 7) is 4.00. The largest absolute Gasteiger partial charge is 0.491 e. The van der Waals surface area contributed by atoms with E-state index in [9.17, 15) is 0 Å². The van der Waals surface area contributed by atoms with Crippen molar-refractivity contribution in [3.8, 4) is 5.75 Å². The molecule has 0 atom stereocenters. The molecule has 0 aliphatic rings. The van der Waals surface area contributed by atoms with E-state index < -0.39 is 0 Å². The quantitative estimate of drug-likeness (QED) is 0.846. The van der Waals surface area contributed by atoms with Gasteiger partial charge in [-0.3, -0.25) is 0 Å². The van der Waals surface area contributed by atoms with Gasteiger partial charge in [0, 0.05) is 5.39 Å². The van der Waals surface area contributed by atoms with Crippen LogP contribution in [-0.2, 0) is 0 Å². The Labute approximate surface area is 106 Å². The van der Waals surface area contributed by atoms with Gasteiger partial charge >= 0.3 is 0 Å². The molecule has 2 N–H and O–H groups in total. The van der Waals surface area contributed by atoms with Gasteiger partial charge < -0.3 is 10.5 Å². The molecule has 3 nitrogen and oxygen atoms in total. The first-order valence-corrected chi connectivity index (χ1v) is 5.84. The van der Waals surface area contributed by atoms with Crippen molar-refractivity contribution in [1.82, 2.24) is 4.98 Å². The van der Waals surface area contributed by atoms with Gasteiger partial charge in [-0.15, -0.1) is 0 Å². The van der Waals surface area contributed by atoms with Gasteiger partial charge in [0.25, 0.3) is 0 Å². The molecule has 0 aliphatic heterocycles. The smallest absolute Gasteiger partial charge is 0.122 e. The van der Waals surface area contributed by atoms with Gasteiger partial charge in [-0.25, -0.2) is 4.98 Å². The maximum absolute atomic E-state index is 5.62. The lowest BCUT2D eigenvalue weighted by Crippen LogP contribution is -2.11. The van der Waals surface area contributed by atoms with Crippen LogP contribution in [0.15, 0.2) is 30.3 Å². The SMILES string of the molecule is CC(C)Oc1ccc2nc(C(N)=S)ccc2c1. The van der Waals surface area contributed by atoms with E-state index in [4.69, 9.17) is 22.7 Å². The van der Waals surface area contributed by atoms with E-state index >= 15 is 0 Å². The van der Waals surface area contributed by atoms with Crippen LogP contribution < -0.4 is 10.5 Å². The van der Waals surface area contributed by atoms with Crippen LogP contribution in [0.2, 0.25) is 0 Å². The lowest BCUT2D eigenvalue weighted by atomic mass is 10.2. The van der Waals surface area contributed by atoms with Crippen molar-refractivity contribution in [3.63, 3.8) is 0 Å². The topological polar surface area (TPSA) is 48.1 Å². The molecule has 0 aliphatic carbocycles. The van der Waals surface area contributed by atoms with E-state index in [1.807, 2.05) is 44.2 Å². The molecule has 2 rings (SSSR count). The fourth-order valence-electron chi connectivity index (χ4n) is 1.59. The fourth-order valence-corrected chi connectivity index (χ4v) is 1.70. The first kappa shape index (κ1) is 11.8. The molecule has 2 aromatic rings. The van der Waals surface area contributed by atoms with Gasteiger partial charge in [-0.1, -0.05) is 18.3 Å². The van der Waals surface area contributed by atoms with Crippen LogP contribution in [0.4, 0.5) is 0 Å². The van der Waals surface area contributed by atoms with Crippen molar-refractivity contribution in [2.75, 3.05) is 0 Å². The van der Waals surface area contributed by atoms with Crippen molar-refractivity contribution in [3.05, 3.63) is 36.0 Å². The second-order valence-corrected chi connectivity index (χ2v) is 4.52. The second-order valence-electron chi connectivity index (χ2n) is 4.08. The maximum atomic E-state index is 5.62. The Morgan fingerprint density at radius 2 is 2.06 bits per heavy atom. The van der Waals surface area contributed by atoms with Gasteiger partial charge in [0.1, 0.15) is 10.7 Å². The minimum Gasteiger partial charge on any atom is -0.491 e. The summed E-state index contributed by atoms with van der Waals surface area (Å²) in [6.07, 6.45) is 0.163. The number of nitrogens with zero attached hydrogens (tertiary/aromatic N) is 1. The third kappa shape index (κ3) is 2.71. The number of thiocarbonyl (C=S) groups is 1. The molecule has 1 heterocycles. The highest BCUT2D eigenvalue weighted by Gasteiger charge is 2.03. The average Bonchev–Trinajstić information content (AvgIpc) is 2.27. The normalized spacial score (nSPS) is 10.8. The van der Waals surface area contributed by atoms with Crippen LogP contribution in [0.25, 0.3) is 10.9 Å². The van der Waals surface area contributed by atoms with Crippen LogP contribution in [-0.4, -0.2) is 16.1 Å². The Kier molecular flexibility index (Phi) is 3.24. The first-order valence-electron chi connectivity index (χ1n) is 5.43. The lowest BCUT2D eigenvalue weighted by Gasteiger charge is -2.10. The number of hydrogen-bond acceptors (Lipinski definition) is 3. The van der Waals surface area contributed by atoms with Crippen molar-refractivity contribution in [1.29, 1.82) is 0 Å². The number of ether oxygens (including phenoxy) is 1. The molecular weight excluding hydrogens is 232 g/mol. The summed E-state index contributed by atoms with van der Waals surface area (Å²) in [5.41, 5.74) is 7.06. The lowest BCUT2D eigenvalue weighted by molar-refractivity contribution is 0.243. The van der Waals surface area contributed by atoms with Crippen molar-refractivity contribution >= 4 is 28.1 Å². The molecule has 0 unspecified atom stereocenters. The predicted octanol–water partition coefficient (Wildman–Crippen LogP) is 2.66. The molecule has 1 aromatic carbocycles. The molecule has 0 spiro atoms. The van der Waals surface area contributed by atoms with E-state index in [0.29, 0.717) is 10.7 Å². The average molecular weight is 246 g/mol. The van der Waals surface area contributed by atoms with E-state index in [-0.39, 0.29) is 6.10 Å². The molecule has 17 heavy (non-hydrogen) atoms. The number of nitrogens with two attached hydrogens (primary N) is 1. The number of fused-ring (bicyclic) bond motifs is 1. The highest BCUT2D eigenvalue weighted by atomic mass is 32.1. The van der Waals surface area contributed by atoms with Crippen LogP contribution in [0.1, 0.15) is 19.5 Å². The summed E-state index contributed by atoms with van der Waals surface area (Å²) >= 11 is 4.90. The standard InChI is InChI=1S/C13H14N2OS/c1-8(2)16-10-4-6-11-9(7-10)3-5-12(15-11)13(14)17/h3-8H,1-2H3,(H2,14,17). The number of pyridine rings is 1. The van der Waals surface area contributed by atoms with Crippen molar-refractivity contribution < 1.29 is 4.74 Å². The third-order valence-corrected chi connectivity index (χ3v) is 2.49. The molecule has 88 valence electrons. The second kappa shape index (κ2) is 4.67. The summed E-state index contributed by atoms with van der Waals surface area (Å²) in [5.74, 6) is 0.845. The summed E-state index contributed by atoms with van der Waals surface area (Å²) in [5, 5.41) is 1.02. The zero-order valence-electron chi connectivity index (χ0n) is 9.81. The van der Waals surface area contributed by atoms with Gasteiger partial charge in [-0.2, -0.15) is 0 Å². The third-order valence-electron chi connectivity index (χ3n) is 2.28. The van der Waals surface area contributed by atoms with Crippen LogP contribution in [0, 0.1) is 0 Å². The molecule has 0 saturated carbocycles. The summed E-state index contributed by atoms with van der Waals surface area (Å²) < 4.78 is 5.62. The number of hydrogen-bond donors (Lipinski definition) is 1.